The SMILES string of the molecule is O=C(CSCc1ccc(Br)cc1)NCCSCc1ccco1. The lowest BCUT2D eigenvalue weighted by molar-refractivity contribution is -0.118. The Bertz CT molecular complexity index is 558. The molecule has 0 radical (unpaired) electrons. The van der Waals surface area contributed by atoms with Crippen LogP contribution in [-0.2, 0) is 16.3 Å². The maximum absolute atomic E-state index is 11.7. The van der Waals surface area contributed by atoms with E-state index in [0.717, 1.165) is 27.5 Å². The Labute approximate surface area is 147 Å². The highest BCUT2D eigenvalue weighted by Crippen LogP contribution is 2.15. The van der Waals surface area contributed by atoms with Crippen LogP contribution in [0, 0.1) is 0 Å². The molecule has 6 heteroatoms. The average Bonchev–Trinajstić information content (AvgIpc) is 3.02. The summed E-state index contributed by atoms with van der Waals surface area (Å²) in [7, 11) is 0. The van der Waals surface area contributed by atoms with Gasteiger partial charge >= 0.3 is 0 Å². The number of nitrogens with one attached hydrogen (secondary N) is 1. The normalized spacial score (nSPS) is 10.6. The predicted molar refractivity (Wildman–Crippen MR) is 98.2 cm³/mol. The van der Waals surface area contributed by atoms with Gasteiger partial charge in [-0.1, -0.05) is 28.1 Å². The van der Waals surface area contributed by atoms with Crippen molar-refractivity contribution >= 4 is 45.4 Å². The third kappa shape index (κ3) is 6.94. The van der Waals surface area contributed by atoms with Gasteiger partial charge in [-0.3, -0.25) is 4.79 Å². The van der Waals surface area contributed by atoms with Crippen molar-refractivity contribution in [3.63, 3.8) is 0 Å². The van der Waals surface area contributed by atoms with Crippen LogP contribution in [0.25, 0.3) is 0 Å². The summed E-state index contributed by atoms with van der Waals surface area (Å²) in [6.45, 7) is 0.697. The van der Waals surface area contributed by atoms with Gasteiger partial charge in [-0.15, -0.1) is 11.8 Å². The molecule has 0 saturated carbocycles. The summed E-state index contributed by atoms with van der Waals surface area (Å²) < 4.78 is 6.32. The molecule has 0 saturated heterocycles. The molecule has 1 heterocycles. The van der Waals surface area contributed by atoms with Crippen LogP contribution in [0.4, 0.5) is 0 Å². The van der Waals surface area contributed by atoms with E-state index in [9.17, 15) is 4.79 Å². The van der Waals surface area contributed by atoms with Gasteiger partial charge in [-0.2, -0.15) is 11.8 Å². The Kier molecular flexibility index (Phi) is 7.98. The lowest BCUT2D eigenvalue weighted by atomic mass is 10.2. The summed E-state index contributed by atoms with van der Waals surface area (Å²) in [5, 5.41) is 2.94. The van der Waals surface area contributed by atoms with E-state index >= 15 is 0 Å². The van der Waals surface area contributed by atoms with E-state index in [1.807, 2.05) is 24.3 Å². The maximum Gasteiger partial charge on any atom is 0.230 e. The smallest absolute Gasteiger partial charge is 0.230 e. The lowest BCUT2D eigenvalue weighted by Gasteiger charge is -2.05. The second-order valence-electron chi connectivity index (χ2n) is 4.60. The number of halogens is 1. The van der Waals surface area contributed by atoms with E-state index in [1.54, 1.807) is 29.8 Å². The van der Waals surface area contributed by atoms with E-state index in [1.165, 1.54) is 5.56 Å². The number of thioether (sulfide) groups is 2. The molecule has 1 N–H and O–H groups in total. The molecule has 1 aromatic carbocycles. The third-order valence-corrected chi connectivity index (χ3v) is 5.32. The number of carbonyl (C=O) groups is 1. The van der Waals surface area contributed by atoms with E-state index in [2.05, 4.69) is 33.4 Å². The molecule has 0 atom stereocenters. The van der Waals surface area contributed by atoms with Crippen LogP contribution >= 0.6 is 39.5 Å². The van der Waals surface area contributed by atoms with E-state index < -0.39 is 0 Å². The van der Waals surface area contributed by atoms with Gasteiger partial charge in [0.25, 0.3) is 0 Å². The van der Waals surface area contributed by atoms with Gasteiger partial charge in [-0.05, 0) is 29.8 Å². The highest BCUT2D eigenvalue weighted by Gasteiger charge is 2.02. The molecule has 1 amide bonds. The monoisotopic (exact) mass is 399 g/mol. The van der Waals surface area contributed by atoms with Crippen molar-refractivity contribution in [3.8, 4) is 0 Å². The molecule has 0 aliphatic carbocycles. The number of amides is 1. The molecule has 0 unspecified atom stereocenters. The second-order valence-corrected chi connectivity index (χ2v) is 7.61. The quantitative estimate of drug-likeness (QED) is 0.637. The van der Waals surface area contributed by atoms with Crippen LogP contribution in [0.2, 0.25) is 0 Å². The van der Waals surface area contributed by atoms with E-state index in [4.69, 9.17) is 4.42 Å². The standard InChI is InChI=1S/C16H18BrNO2S2/c17-14-5-3-13(4-6-14)10-22-12-16(19)18-7-9-21-11-15-2-1-8-20-15/h1-6,8H,7,9-12H2,(H,18,19). The van der Waals surface area contributed by atoms with Gasteiger partial charge in [0.05, 0.1) is 17.8 Å². The zero-order valence-electron chi connectivity index (χ0n) is 12.1. The molecule has 0 aliphatic rings. The zero-order valence-corrected chi connectivity index (χ0v) is 15.3. The van der Waals surface area contributed by atoms with Gasteiger partial charge in [-0.25, -0.2) is 0 Å². The first-order valence-corrected chi connectivity index (χ1v) is 10.0. The summed E-state index contributed by atoms with van der Waals surface area (Å²) in [6.07, 6.45) is 1.68. The average molecular weight is 400 g/mol. The van der Waals surface area contributed by atoms with Crippen molar-refractivity contribution in [1.82, 2.24) is 5.32 Å². The van der Waals surface area contributed by atoms with Gasteiger partial charge < -0.3 is 9.73 Å². The van der Waals surface area contributed by atoms with Crippen LogP contribution in [-0.4, -0.2) is 24.0 Å². The van der Waals surface area contributed by atoms with E-state index in [-0.39, 0.29) is 5.91 Å². The molecule has 1 aromatic heterocycles. The Morgan fingerprint density at radius 3 is 2.68 bits per heavy atom. The van der Waals surface area contributed by atoms with Crippen molar-refractivity contribution in [2.45, 2.75) is 11.5 Å². The minimum atomic E-state index is 0.0979. The summed E-state index contributed by atoms with van der Waals surface area (Å²) in [5.41, 5.74) is 1.23. The number of benzene rings is 1. The summed E-state index contributed by atoms with van der Waals surface area (Å²) in [4.78, 5) is 11.7. The Morgan fingerprint density at radius 2 is 1.95 bits per heavy atom. The van der Waals surface area contributed by atoms with E-state index in [0.29, 0.717) is 12.3 Å². The number of hydrogen-bond donors (Lipinski definition) is 1. The van der Waals surface area contributed by atoms with Crippen LogP contribution in [0.3, 0.4) is 0 Å². The van der Waals surface area contributed by atoms with Crippen molar-refractivity contribution in [2.24, 2.45) is 0 Å². The summed E-state index contributed by atoms with van der Waals surface area (Å²) in [6, 6.07) is 12.0. The zero-order chi connectivity index (χ0) is 15.6. The number of carbonyl (C=O) groups excluding carboxylic acids is 1. The van der Waals surface area contributed by atoms with Crippen LogP contribution < -0.4 is 5.32 Å². The van der Waals surface area contributed by atoms with Crippen LogP contribution in [0.1, 0.15) is 11.3 Å². The largest absolute Gasteiger partial charge is 0.468 e. The molecule has 0 bridgehead atoms. The topological polar surface area (TPSA) is 42.2 Å². The fourth-order valence-corrected chi connectivity index (χ4v) is 3.56. The van der Waals surface area contributed by atoms with Crippen molar-refractivity contribution in [1.29, 1.82) is 0 Å². The first kappa shape index (κ1) is 17.5. The number of rotatable bonds is 9. The van der Waals surface area contributed by atoms with Gasteiger partial charge in [0.2, 0.25) is 5.91 Å². The van der Waals surface area contributed by atoms with Gasteiger partial charge in [0, 0.05) is 22.5 Å². The number of furan rings is 1. The molecule has 0 fully saturated rings. The molecular formula is C16H18BrNO2S2. The molecule has 118 valence electrons. The Morgan fingerprint density at radius 1 is 1.14 bits per heavy atom. The number of hydrogen-bond acceptors (Lipinski definition) is 4. The minimum absolute atomic E-state index is 0.0979. The highest BCUT2D eigenvalue weighted by molar-refractivity contribution is 9.10. The van der Waals surface area contributed by atoms with Crippen LogP contribution in [0.15, 0.2) is 51.6 Å². The van der Waals surface area contributed by atoms with Crippen molar-refractivity contribution in [3.05, 3.63) is 58.5 Å². The fraction of sp³-hybridized carbons (Fsp3) is 0.312. The third-order valence-electron chi connectivity index (χ3n) is 2.81. The minimum Gasteiger partial charge on any atom is -0.468 e. The molecule has 3 nitrogen and oxygen atoms in total. The molecule has 2 rings (SSSR count). The summed E-state index contributed by atoms with van der Waals surface area (Å²) >= 11 is 6.80. The molecule has 22 heavy (non-hydrogen) atoms. The van der Waals surface area contributed by atoms with Crippen molar-refractivity contribution in [2.75, 3.05) is 18.1 Å². The lowest BCUT2D eigenvalue weighted by Crippen LogP contribution is -2.27. The maximum atomic E-state index is 11.7. The molecule has 2 aromatic rings. The second kappa shape index (κ2) is 10.0. The van der Waals surface area contributed by atoms with Crippen molar-refractivity contribution < 1.29 is 9.21 Å². The highest BCUT2D eigenvalue weighted by atomic mass is 79.9. The molecular weight excluding hydrogens is 382 g/mol. The first-order valence-electron chi connectivity index (χ1n) is 6.93. The first-order chi connectivity index (χ1) is 10.7. The van der Waals surface area contributed by atoms with Crippen LogP contribution in [0.5, 0.6) is 0 Å². The summed E-state index contributed by atoms with van der Waals surface area (Å²) in [5.74, 6) is 4.17. The fourth-order valence-electron chi connectivity index (χ4n) is 1.72. The molecule has 0 spiro atoms. The molecule has 0 aliphatic heterocycles. The Hall–Kier alpha value is -0.850. The predicted octanol–water partition coefficient (Wildman–Crippen LogP) is 4.32. The van der Waals surface area contributed by atoms with Gasteiger partial charge in [0.1, 0.15) is 5.76 Å². The van der Waals surface area contributed by atoms with Gasteiger partial charge in [0.15, 0.2) is 0 Å². The Balaban J connectivity index is 1.50.